The van der Waals surface area contributed by atoms with Gasteiger partial charge in [-0.2, -0.15) is 0 Å². The summed E-state index contributed by atoms with van der Waals surface area (Å²) in [6.07, 6.45) is 1.11. The molecule has 0 heterocycles. The molecule has 1 atom stereocenters. The summed E-state index contributed by atoms with van der Waals surface area (Å²) in [6.45, 7) is 9.57. The van der Waals surface area contributed by atoms with Crippen LogP contribution in [0, 0.1) is 20.8 Å². The second kappa shape index (κ2) is 7.11. The molecule has 0 aromatic heterocycles. The topological polar surface area (TPSA) is 12.0 Å². The van der Waals surface area contributed by atoms with Crippen LogP contribution in [0.1, 0.15) is 47.2 Å². The average molecular weight is 302 g/mol. The smallest absolute Gasteiger partial charge is 0.0577 e. The first-order valence-electron chi connectivity index (χ1n) is 7.58. The molecule has 0 bridgehead atoms. The molecule has 0 aliphatic carbocycles. The molecule has 2 heteroatoms. The van der Waals surface area contributed by atoms with Crippen LogP contribution >= 0.6 is 11.6 Å². The minimum Gasteiger partial charge on any atom is -0.306 e. The molecular weight excluding hydrogens is 278 g/mol. The van der Waals surface area contributed by atoms with Crippen LogP contribution in [-0.4, -0.2) is 6.54 Å². The van der Waals surface area contributed by atoms with Gasteiger partial charge in [-0.15, -0.1) is 0 Å². The van der Waals surface area contributed by atoms with E-state index in [-0.39, 0.29) is 6.04 Å². The number of halogens is 1. The quantitative estimate of drug-likeness (QED) is 0.784. The zero-order valence-electron chi connectivity index (χ0n) is 13.3. The second-order valence-corrected chi connectivity index (χ2v) is 6.31. The summed E-state index contributed by atoms with van der Waals surface area (Å²) in [5.41, 5.74) is 6.34. The Bertz CT molecular complexity index is 527. The van der Waals surface area contributed by atoms with Gasteiger partial charge in [0.25, 0.3) is 0 Å². The van der Waals surface area contributed by atoms with Gasteiger partial charge in [-0.05, 0) is 62.6 Å². The summed E-state index contributed by atoms with van der Waals surface area (Å²) in [7, 11) is 0. The number of hydrogen-bond donors (Lipinski definition) is 1. The van der Waals surface area contributed by atoms with Crippen molar-refractivity contribution in [2.45, 2.75) is 40.2 Å². The first-order chi connectivity index (χ1) is 9.99. The van der Waals surface area contributed by atoms with Gasteiger partial charge in [0, 0.05) is 5.02 Å². The van der Waals surface area contributed by atoms with Crippen molar-refractivity contribution in [3.8, 4) is 0 Å². The van der Waals surface area contributed by atoms with Crippen LogP contribution in [0.2, 0.25) is 5.02 Å². The standard InChI is InChI=1S/C19H24ClN/c1-5-6-21-19(16-8-13(2)7-14(3)9-16)17-10-15(4)11-18(20)12-17/h7-12,19,21H,5-6H2,1-4H3. The third-order valence-corrected chi connectivity index (χ3v) is 3.79. The molecule has 0 amide bonds. The lowest BCUT2D eigenvalue weighted by Gasteiger charge is -2.21. The predicted octanol–water partition coefficient (Wildman–Crippen LogP) is 5.35. The lowest BCUT2D eigenvalue weighted by atomic mass is 9.94. The molecule has 21 heavy (non-hydrogen) atoms. The molecule has 0 saturated carbocycles. The Labute approximate surface area is 133 Å². The highest BCUT2D eigenvalue weighted by molar-refractivity contribution is 6.30. The third-order valence-electron chi connectivity index (χ3n) is 3.57. The molecule has 0 aliphatic rings. The van der Waals surface area contributed by atoms with Crippen LogP contribution in [0.25, 0.3) is 0 Å². The van der Waals surface area contributed by atoms with Crippen molar-refractivity contribution in [3.05, 3.63) is 69.2 Å². The Balaban J connectivity index is 2.46. The van der Waals surface area contributed by atoms with Gasteiger partial charge in [0.2, 0.25) is 0 Å². The maximum atomic E-state index is 6.25. The van der Waals surface area contributed by atoms with Crippen LogP contribution < -0.4 is 5.32 Å². The molecule has 1 unspecified atom stereocenters. The van der Waals surface area contributed by atoms with E-state index >= 15 is 0 Å². The van der Waals surface area contributed by atoms with Crippen LogP contribution in [0.5, 0.6) is 0 Å². The van der Waals surface area contributed by atoms with E-state index in [4.69, 9.17) is 11.6 Å². The van der Waals surface area contributed by atoms with Gasteiger partial charge in [-0.25, -0.2) is 0 Å². The molecule has 2 aromatic carbocycles. The fraction of sp³-hybridized carbons (Fsp3) is 0.368. The van der Waals surface area contributed by atoms with E-state index in [0.29, 0.717) is 0 Å². The summed E-state index contributed by atoms with van der Waals surface area (Å²) >= 11 is 6.25. The zero-order chi connectivity index (χ0) is 15.4. The first-order valence-corrected chi connectivity index (χ1v) is 7.96. The van der Waals surface area contributed by atoms with E-state index in [2.05, 4.69) is 63.3 Å². The second-order valence-electron chi connectivity index (χ2n) is 5.87. The summed E-state index contributed by atoms with van der Waals surface area (Å²) in [5, 5.41) is 4.46. The molecular formula is C19H24ClN. The SMILES string of the molecule is CCCNC(c1cc(C)cc(C)c1)c1cc(C)cc(Cl)c1. The van der Waals surface area contributed by atoms with E-state index in [1.165, 1.54) is 27.8 Å². The average Bonchev–Trinajstić information content (AvgIpc) is 2.37. The van der Waals surface area contributed by atoms with Crippen molar-refractivity contribution in [1.82, 2.24) is 5.32 Å². The van der Waals surface area contributed by atoms with E-state index in [1.807, 2.05) is 6.07 Å². The Morgan fingerprint density at radius 1 is 0.857 bits per heavy atom. The van der Waals surface area contributed by atoms with Crippen molar-refractivity contribution in [2.75, 3.05) is 6.54 Å². The van der Waals surface area contributed by atoms with E-state index < -0.39 is 0 Å². The lowest BCUT2D eigenvalue weighted by Crippen LogP contribution is -2.23. The highest BCUT2D eigenvalue weighted by Crippen LogP contribution is 2.27. The summed E-state index contributed by atoms with van der Waals surface area (Å²) in [5.74, 6) is 0. The predicted molar refractivity (Wildman–Crippen MR) is 92.2 cm³/mol. The number of benzene rings is 2. The fourth-order valence-corrected chi connectivity index (χ4v) is 3.12. The van der Waals surface area contributed by atoms with Crippen molar-refractivity contribution >= 4 is 11.6 Å². The van der Waals surface area contributed by atoms with Gasteiger partial charge >= 0.3 is 0 Å². The lowest BCUT2D eigenvalue weighted by molar-refractivity contribution is 0.598. The zero-order valence-corrected chi connectivity index (χ0v) is 14.1. The summed E-state index contributed by atoms with van der Waals surface area (Å²) < 4.78 is 0. The third kappa shape index (κ3) is 4.33. The monoisotopic (exact) mass is 301 g/mol. The van der Waals surface area contributed by atoms with Gasteiger partial charge in [0.1, 0.15) is 0 Å². The van der Waals surface area contributed by atoms with Crippen molar-refractivity contribution in [2.24, 2.45) is 0 Å². The minimum absolute atomic E-state index is 0.195. The normalized spacial score (nSPS) is 12.4. The van der Waals surface area contributed by atoms with E-state index in [9.17, 15) is 0 Å². The van der Waals surface area contributed by atoms with Gasteiger partial charge in [-0.1, -0.05) is 53.9 Å². The Morgan fingerprint density at radius 2 is 1.38 bits per heavy atom. The Morgan fingerprint density at radius 3 is 1.90 bits per heavy atom. The molecule has 2 rings (SSSR count). The maximum absolute atomic E-state index is 6.25. The van der Waals surface area contributed by atoms with Crippen LogP contribution in [0.3, 0.4) is 0 Å². The van der Waals surface area contributed by atoms with Crippen molar-refractivity contribution in [3.63, 3.8) is 0 Å². The van der Waals surface area contributed by atoms with Gasteiger partial charge in [0.05, 0.1) is 6.04 Å². The Kier molecular flexibility index (Phi) is 5.44. The molecule has 0 saturated heterocycles. The van der Waals surface area contributed by atoms with Crippen LogP contribution in [-0.2, 0) is 0 Å². The molecule has 0 radical (unpaired) electrons. The molecule has 0 aliphatic heterocycles. The fourth-order valence-electron chi connectivity index (χ4n) is 2.82. The number of rotatable bonds is 5. The molecule has 112 valence electrons. The minimum atomic E-state index is 0.195. The maximum Gasteiger partial charge on any atom is 0.0577 e. The first kappa shape index (κ1) is 16.1. The largest absolute Gasteiger partial charge is 0.306 e. The van der Waals surface area contributed by atoms with Gasteiger partial charge in [-0.3, -0.25) is 0 Å². The van der Waals surface area contributed by atoms with Gasteiger partial charge in [0.15, 0.2) is 0 Å². The van der Waals surface area contributed by atoms with Crippen LogP contribution in [0.15, 0.2) is 36.4 Å². The van der Waals surface area contributed by atoms with Crippen LogP contribution in [0.4, 0.5) is 0 Å². The highest BCUT2D eigenvalue weighted by Gasteiger charge is 2.15. The van der Waals surface area contributed by atoms with Crippen molar-refractivity contribution in [1.29, 1.82) is 0 Å². The molecule has 1 nitrogen and oxygen atoms in total. The molecule has 1 N–H and O–H groups in total. The molecule has 0 fully saturated rings. The summed E-state index contributed by atoms with van der Waals surface area (Å²) in [6, 6.07) is 13.2. The van der Waals surface area contributed by atoms with E-state index in [1.54, 1.807) is 0 Å². The molecule has 2 aromatic rings. The van der Waals surface area contributed by atoms with Crippen molar-refractivity contribution < 1.29 is 0 Å². The summed E-state index contributed by atoms with van der Waals surface area (Å²) in [4.78, 5) is 0. The molecule has 0 spiro atoms. The highest BCUT2D eigenvalue weighted by atomic mass is 35.5. The number of hydrogen-bond acceptors (Lipinski definition) is 1. The Hall–Kier alpha value is -1.31. The number of nitrogens with one attached hydrogen (secondary N) is 1. The van der Waals surface area contributed by atoms with Gasteiger partial charge < -0.3 is 5.32 Å². The number of aryl methyl sites for hydroxylation is 3. The van der Waals surface area contributed by atoms with E-state index in [0.717, 1.165) is 18.0 Å².